The molecule has 1 aromatic rings. The minimum atomic E-state index is -0.987. The second kappa shape index (κ2) is 10.5. The number of carbonyl (C=O) groups is 2. The second-order valence-corrected chi connectivity index (χ2v) is 9.32. The standard InChI is InChI=1S/C25H35N3O5/c1-5-22(30)27(4)15-21-17(2)14-28(18(3)16-29)24(31)20-12-19(13-26-23(20)33-21)8-11-25(32)9-6-7-10-25/h12-13,17-18,21,29,32H,5-7,9-10,14-16H2,1-4H3/t17-,18+,21+/m1/s1. The Labute approximate surface area is 195 Å². The summed E-state index contributed by atoms with van der Waals surface area (Å²) >= 11 is 0. The predicted molar refractivity (Wildman–Crippen MR) is 124 cm³/mol. The summed E-state index contributed by atoms with van der Waals surface area (Å²) in [5, 5.41) is 20.3. The third-order valence-electron chi connectivity index (χ3n) is 6.57. The molecule has 180 valence electrons. The molecule has 8 nitrogen and oxygen atoms in total. The Morgan fingerprint density at radius 3 is 2.76 bits per heavy atom. The molecule has 0 saturated heterocycles. The monoisotopic (exact) mass is 457 g/mol. The maximum atomic E-state index is 13.4. The smallest absolute Gasteiger partial charge is 0.259 e. The van der Waals surface area contributed by atoms with E-state index in [9.17, 15) is 19.8 Å². The zero-order chi connectivity index (χ0) is 24.2. The van der Waals surface area contributed by atoms with Gasteiger partial charge in [0.25, 0.3) is 5.91 Å². The summed E-state index contributed by atoms with van der Waals surface area (Å²) in [5.74, 6) is 5.73. The number of amides is 2. The average Bonchev–Trinajstić information content (AvgIpc) is 3.25. The van der Waals surface area contributed by atoms with Crippen LogP contribution in [0.2, 0.25) is 0 Å². The van der Waals surface area contributed by atoms with Crippen LogP contribution in [-0.4, -0.2) is 81.3 Å². The minimum Gasteiger partial charge on any atom is -0.472 e. The average molecular weight is 458 g/mol. The first-order chi connectivity index (χ1) is 15.7. The van der Waals surface area contributed by atoms with Crippen molar-refractivity contribution in [3.63, 3.8) is 0 Å². The van der Waals surface area contributed by atoms with E-state index in [-0.39, 0.29) is 41.9 Å². The number of aromatic nitrogens is 1. The van der Waals surface area contributed by atoms with Gasteiger partial charge in [-0.2, -0.15) is 0 Å². The number of pyridine rings is 1. The highest BCUT2D eigenvalue weighted by atomic mass is 16.5. The van der Waals surface area contributed by atoms with Gasteiger partial charge >= 0.3 is 0 Å². The van der Waals surface area contributed by atoms with Gasteiger partial charge in [0.2, 0.25) is 11.8 Å². The first kappa shape index (κ1) is 25.0. The Morgan fingerprint density at radius 1 is 1.42 bits per heavy atom. The lowest BCUT2D eigenvalue weighted by molar-refractivity contribution is -0.131. The van der Waals surface area contributed by atoms with E-state index in [1.807, 2.05) is 13.8 Å². The summed E-state index contributed by atoms with van der Waals surface area (Å²) in [6, 6.07) is 1.25. The van der Waals surface area contributed by atoms with Crippen molar-refractivity contribution in [2.24, 2.45) is 5.92 Å². The van der Waals surface area contributed by atoms with Gasteiger partial charge in [0.1, 0.15) is 17.3 Å². The van der Waals surface area contributed by atoms with Crippen molar-refractivity contribution in [2.45, 2.75) is 70.6 Å². The number of ether oxygens (including phenoxy) is 1. The summed E-state index contributed by atoms with van der Waals surface area (Å²) in [6.45, 7) is 6.13. The van der Waals surface area contributed by atoms with Crippen molar-refractivity contribution in [3.8, 4) is 17.7 Å². The molecule has 0 aromatic carbocycles. The molecule has 0 radical (unpaired) electrons. The normalized spacial score (nSPS) is 22.8. The lowest BCUT2D eigenvalue weighted by atomic mass is 9.99. The van der Waals surface area contributed by atoms with E-state index in [1.165, 1.54) is 0 Å². The number of aliphatic hydroxyl groups is 2. The molecule has 1 aromatic heterocycles. The number of fused-ring (bicyclic) bond motifs is 1. The van der Waals surface area contributed by atoms with E-state index in [4.69, 9.17) is 4.74 Å². The van der Waals surface area contributed by atoms with Gasteiger partial charge < -0.3 is 24.7 Å². The van der Waals surface area contributed by atoms with Gasteiger partial charge in [0.05, 0.1) is 19.2 Å². The van der Waals surface area contributed by atoms with Crippen LogP contribution in [0.15, 0.2) is 12.3 Å². The van der Waals surface area contributed by atoms with E-state index in [0.29, 0.717) is 37.9 Å². The van der Waals surface area contributed by atoms with Crippen LogP contribution in [0, 0.1) is 17.8 Å². The molecule has 33 heavy (non-hydrogen) atoms. The van der Waals surface area contributed by atoms with E-state index in [2.05, 4.69) is 16.8 Å². The third-order valence-corrected chi connectivity index (χ3v) is 6.57. The third kappa shape index (κ3) is 5.84. The fourth-order valence-electron chi connectivity index (χ4n) is 4.30. The molecule has 2 amide bonds. The fourth-order valence-corrected chi connectivity index (χ4v) is 4.30. The van der Waals surface area contributed by atoms with Gasteiger partial charge in [-0.05, 0) is 38.7 Å². The van der Waals surface area contributed by atoms with Crippen LogP contribution in [0.1, 0.15) is 68.8 Å². The number of carbonyl (C=O) groups excluding carboxylic acids is 2. The maximum Gasteiger partial charge on any atom is 0.259 e. The number of hydrogen-bond acceptors (Lipinski definition) is 6. The number of hydrogen-bond donors (Lipinski definition) is 2. The first-order valence-corrected chi connectivity index (χ1v) is 11.8. The number of nitrogens with zero attached hydrogens (tertiary/aromatic N) is 3. The van der Waals surface area contributed by atoms with E-state index in [1.54, 1.807) is 36.0 Å². The molecule has 0 bridgehead atoms. The van der Waals surface area contributed by atoms with Crippen molar-refractivity contribution in [3.05, 3.63) is 23.4 Å². The zero-order valence-electron chi connectivity index (χ0n) is 20.0. The SMILES string of the molecule is CCC(=O)N(C)C[C@@H]1Oc2ncc(C#CC3(O)CCCC3)cc2C(=O)N([C@@H](C)CO)C[C@H]1C. The Bertz CT molecular complexity index is 932. The summed E-state index contributed by atoms with van der Waals surface area (Å²) < 4.78 is 6.19. The highest BCUT2D eigenvalue weighted by Crippen LogP contribution is 2.30. The molecule has 2 aliphatic rings. The molecule has 2 heterocycles. The van der Waals surface area contributed by atoms with Crippen LogP contribution in [0.5, 0.6) is 5.88 Å². The molecule has 1 aliphatic carbocycles. The highest BCUT2D eigenvalue weighted by Gasteiger charge is 2.34. The van der Waals surface area contributed by atoms with Crippen LogP contribution < -0.4 is 4.74 Å². The minimum absolute atomic E-state index is 0.00756. The fraction of sp³-hybridized carbons (Fsp3) is 0.640. The summed E-state index contributed by atoms with van der Waals surface area (Å²) in [6.07, 6.45) is 4.74. The van der Waals surface area contributed by atoms with E-state index >= 15 is 0 Å². The molecular formula is C25H35N3O5. The highest BCUT2D eigenvalue weighted by molar-refractivity contribution is 5.97. The van der Waals surface area contributed by atoms with Gasteiger partial charge in [-0.25, -0.2) is 4.98 Å². The molecule has 0 unspecified atom stereocenters. The van der Waals surface area contributed by atoms with Crippen LogP contribution in [0.4, 0.5) is 0 Å². The molecule has 1 fully saturated rings. The van der Waals surface area contributed by atoms with Crippen molar-refractivity contribution in [1.29, 1.82) is 0 Å². The topological polar surface area (TPSA) is 103 Å². The van der Waals surface area contributed by atoms with Crippen molar-refractivity contribution in [2.75, 3.05) is 26.7 Å². The van der Waals surface area contributed by atoms with Crippen molar-refractivity contribution in [1.82, 2.24) is 14.8 Å². The molecule has 2 N–H and O–H groups in total. The van der Waals surface area contributed by atoms with Crippen LogP contribution in [-0.2, 0) is 4.79 Å². The summed E-state index contributed by atoms with van der Waals surface area (Å²) in [5.41, 5.74) is -0.202. The molecule has 1 aliphatic heterocycles. The molecule has 8 heteroatoms. The molecule has 3 atom stereocenters. The van der Waals surface area contributed by atoms with Crippen molar-refractivity contribution < 1.29 is 24.5 Å². The number of aliphatic hydroxyl groups excluding tert-OH is 1. The molecule has 3 rings (SSSR count). The Kier molecular flexibility index (Phi) is 7.98. The lowest BCUT2D eigenvalue weighted by Crippen LogP contribution is -2.50. The number of rotatable bonds is 5. The van der Waals surface area contributed by atoms with E-state index < -0.39 is 11.6 Å². The molecular weight excluding hydrogens is 422 g/mol. The second-order valence-electron chi connectivity index (χ2n) is 9.32. The largest absolute Gasteiger partial charge is 0.472 e. The Hall–Kier alpha value is -2.63. The number of likely N-dealkylation sites (N-methyl/N-ethyl adjacent to an activating group) is 1. The van der Waals surface area contributed by atoms with Gasteiger partial charge in [0, 0.05) is 37.7 Å². The van der Waals surface area contributed by atoms with E-state index in [0.717, 1.165) is 12.8 Å². The lowest BCUT2D eigenvalue weighted by Gasteiger charge is -2.37. The van der Waals surface area contributed by atoms with Crippen molar-refractivity contribution >= 4 is 11.8 Å². The predicted octanol–water partition coefficient (Wildman–Crippen LogP) is 1.83. The summed E-state index contributed by atoms with van der Waals surface area (Å²) in [4.78, 5) is 33.2. The molecule has 0 spiro atoms. The Morgan fingerprint density at radius 2 is 2.12 bits per heavy atom. The van der Waals surface area contributed by atoms with Gasteiger partial charge in [-0.15, -0.1) is 0 Å². The quantitative estimate of drug-likeness (QED) is 0.654. The maximum absolute atomic E-state index is 13.4. The van der Waals surface area contributed by atoms with Gasteiger partial charge in [-0.3, -0.25) is 9.59 Å². The zero-order valence-corrected chi connectivity index (χ0v) is 20.0. The first-order valence-electron chi connectivity index (χ1n) is 11.8. The van der Waals surface area contributed by atoms with Gasteiger partial charge in [-0.1, -0.05) is 25.7 Å². The van der Waals surface area contributed by atoms with Crippen LogP contribution in [0.3, 0.4) is 0 Å². The molecule has 1 saturated carbocycles. The van der Waals surface area contributed by atoms with Crippen LogP contribution >= 0.6 is 0 Å². The Balaban J connectivity index is 1.97. The summed E-state index contributed by atoms with van der Waals surface area (Å²) in [7, 11) is 1.74. The van der Waals surface area contributed by atoms with Gasteiger partial charge in [0.15, 0.2) is 0 Å². The van der Waals surface area contributed by atoms with Crippen LogP contribution in [0.25, 0.3) is 0 Å².